The summed E-state index contributed by atoms with van der Waals surface area (Å²) in [6, 6.07) is 36.4. The summed E-state index contributed by atoms with van der Waals surface area (Å²) in [4.78, 5) is 0. The molecule has 0 unspecified atom stereocenters. The summed E-state index contributed by atoms with van der Waals surface area (Å²) in [7, 11) is 0.0535. The first-order chi connectivity index (χ1) is 14.8. The Balaban J connectivity index is 1.53. The molecule has 0 bridgehead atoms. The average molecular weight is 400 g/mol. The first-order valence-electron chi connectivity index (χ1n) is 10.0. The molecule has 0 aromatic heterocycles. The number of rotatable bonds is 3. The van der Waals surface area contributed by atoms with Crippen LogP contribution in [0.3, 0.4) is 0 Å². The SMILES string of the molecule is O=Pc1cccc(-c2ccc(-c3ccc4ccc5cccc6ccc3c4c56)cc2)c1. The van der Waals surface area contributed by atoms with Crippen molar-refractivity contribution in [3.8, 4) is 22.3 Å². The Hall–Kier alpha value is -3.54. The molecule has 2 heteroatoms. The summed E-state index contributed by atoms with van der Waals surface area (Å²) in [6.45, 7) is 0. The molecular weight excluding hydrogens is 383 g/mol. The molecule has 0 spiro atoms. The van der Waals surface area contributed by atoms with Crippen LogP contribution in [-0.4, -0.2) is 0 Å². The highest BCUT2D eigenvalue weighted by Crippen LogP contribution is 2.39. The van der Waals surface area contributed by atoms with Crippen LogP contribution in [0.1, 0.15) is 0 Å². The van der Waals surface area contributed by atoms with Crippen LogP contribution >= 0.6 is 8.46 Å². The van der Waals surface area contributed by atoms with Crippen molar-refractivity contribution in [2.75, 3.05) is 0 Å². The first kappa shape index (κ1) is 17.3. The van der Waals surface area contributed by atoms with Crippen molar-refractivity contribution in [1.82, 2.24) is 0 Å². The molecule has 0 saturated carbocycles. The fourth-order valence-electron chi connectivity index (χ4n) is 4.57. The van der Waals surface area contributed by atoms with Gasteiger partial charge in [0.2, 0.25) is 0 Å². The van der Waals surface area contributed by atoms with Gasteiger partial charge in [0, 0.05) is 5.30 Å². The van der Waals surface area contributed by atoms with Gasteiger partial charge in [0.15, 0.2) is 8.46 Å². The van der Waals surface area contributed by atoms with E-state index in [1.165, 1.54) is 43.4 Å². The second-order valence-corrected chi connectivity index (χ2v) is 8.39. The third kappa shape index (κ3) is 2.64. The van der Waals surface area contributed by atoms with Gasteiger partial charge in [0.1, 0.15) is 0 Å². The lowest BCUT2D eigenvalue weighted by Crippen LogP contribution is -1.91. The van der Waals surface area contributed by atoms with Crippen LogP contribution in [0, 0.1) is 0 Å². The standard InChI is InChI=1S/C28H17OP/c29-30-24-6-2-5-23(17-24)18-7-9-19(10-8-18)25-15-13-22-12-11-20-3-1-4-21-14-16-26(25)28(22)27(20)21/h1-17H. The molecule has 6 aromatic rings. The molecule has 6 aromatic carbocycles. The van der Waals surface area contributed by atoms with Crippen LogP contribution in [-0.2, 0) is 4.57 Å². The molecule has 6 rings (SSSR count). The summed E-state index contributed by atoms with van der Waals surface area (Å²) in [5, 5.41) is 8.63. The Kier molecular flexibility index (Phi) is 3.91. The number of benzene rings is 6. The third-order valence-corrected chi connectivity index (χ3v) is 6.50. The number of hydrogen-bond donors (Lipinski definition) is 0. The minimum absolute atomic E-state index is 0.0535. The molecule has 0 saturated heterocycles. The van der Waals surface area contributed by atoms with Gasteiger partial charge in [0.25, 0.3) is 0 Å². The molecule has 0 aliphatic carbocycles. The van der Waals surface area contributed by atoms with Gasteiger partial charge in [0.05, 0.1) is 0 Å². The summed E-state index contributed by atoms with van der Waals surface area (Å²) < 4.78 is 11.2. The van der Waals surface area contributed by atoms with E-state index in [0.717, 1.165) is 16.4 Å². The second-order valence-electron chi connectivity index (χ2n) is 7.69. The maximum absolute atomic E-state index is 11.2. The molecule has 1 nitrogen and oxygen atoms in total. The zero-order valence-electron chi connectivity index (χ0n) is 16.2. The first-order valence-corrected chi connectivity index (χ1v) is 10.8. The van der Waals surface area contributed by atoms with Gasteiger partial charge in [-0.1, -0.05) is 91.0 Å². The van der Waals surface area contributed by atoms with Crippen LogP contribution in [0.25, 0.3) is 54.6 Å². The van der Waals surface area contributed by atoms with E-state index < -0.39 is 0 Å². The molecule has 0 aliphatic rings. The van der Waals surface area contributed by atoms with E-state index in [0.29, 0.717) is 0 Å². The van der Waals surface area contributed by atoms with E-state index in [9.17, 15) is 4.57 Å². The quantitative estimate of drug-likeness (QED) is 0.218. The molecule has 0 heterocycles. The normalized spacial score (nSPS) is 11.7. The lowest BCUT2D eigenvalue weighted by atomic mass is 9.89. The van der Waals surface area contributed by atoms with Crippen LogP contribution < -0.4 is 5.30 Å². The third-order valence-electron chi connectivity index (χ3n) is 6.01. The predicted octanol–water partition coefficient (Wildman–Crippen LogP) is 7.84. The van der Waals surface area contributed by atoms with Crippen molar-refractivity contribution in [3.05, 3.63) is 103 Å². The maximum atomic E-state index is 11.2. The van der Waals surface area contributed by atoms with E-state index in [2.05, 4.69) is 84.9 Å². The summed E-state index contributed by atoms with van der Waals surface area (Å²) in [5.41, 5.74) is 4.66. The van der Waals surface area contributed by atoms with Crippen molar-refractivity contribution >= 4 is 46.1 Å². The Morgan fingerprint density at radius 1 is 0.500 bits per heavy atom. The molecule has 0 aliphatic heterocycles. The Morgan fingerprint density at radius 2 is 1.13 bits per heavy atom. The van der Waals surface area contributed by atoms with Crippen molar-refractivity contribution in [3.63, 3.8) is 0 Å². The van der Waals surface area contributed by atoms with Crippen molar-refractivity contribution in [1.29, 1.82) is 0 Å². The molecule has 0 fully saturated rings. The van der Waals surface area contributed by atoms with Gasteiger partial charge in [-0.15, -0.1) is 0 Å². The van der Waals surface area contributed by atoms with E-state index in [1.54, 1.807) is 0 Å². The van der Waals surface area contributed by atoms with Crippen LogP contribution in [0.15, 0.2) is 103 Å². The fourth-order valence-corrected chi connectivity index (χ4v) is 4.91. The van der Waals surface area contributed by atoms with Gasteiger partial charge in [-0.3, -0.25) is 4.57 Å². The average Bonchev–Trinajstić information content (AvgIpc) is 2.82. The Bertz CT molecular complexity index is 1530. The molecule has 0 atom stereocenters. The van der Waals surface area contributed by atoms with Crippen molar-refractivity contribution in [2.24, 2.45) is 0 Å². The summed E-state index contributed by atoms with van der Waals surface area (Å²) in [5.74, 6) is 0. The van der Waals surface area contributed by atoms with Crippen LogP contribution in [0.5, 0.6) is 0 Å². The number of hydrogen-bond acceptors (Lipinski definition) is 1. The summed E-state index contributed by atoms with van der Waals surface area (Å²) >= 11 is 0. The predicted molar refractivity (Wildman–Crippen MR) is 128 cm³/mol. The van der Waals surface area contributed by atoms with E-state index in [-0.39, 0.29) is 8.46 Å². The molecule has 0 N–H and O–H groups in total. The van der Waals surface area contributed by atoms with Gasteiger partial charge >= 0.3 is 0 Å². The van der Waals surface area contributed by atoms with Gasteiger partial charge < -0.3 is 0 Å². The van der Waals surface area contributed by atoms with E-state index in [4.69, 9.17) is 0 Å². The molecular formula is C28H17OP. The molecule has 0 amide bonds. The van der Waals surface area contributed by atoms with Gasteiger partial charge in [-0.05, 0) is 66.7 Å². The Labute approximate surface area is 176 Å². The lowest BCUT2D eigenvalue weighted by Gasteiger charge is -2.14. The second kappa shape index (κ2) is 6.76. The highest BCUT2D eigenvalue weighted by Gasteiger charge is 2.12. The largest absolute Gasteiger partial charge is 0.269 e. The molecule has 30 heavy (non-hydrogen) atoms. The molecule has 0 radical (unpaired) electrons. The lowest BCUT2D eigenvalue weighted by molar-refractivity contribution is 0.603. The summed E-state index contributed by atoms with van der Waals surface area (Å²) in [6.07, 6.45) is 0. The zero-order valence-corrected chi connectivity index (χ0v) is 17.1. The fraction of sp³-hybridized carbons (Fsp3) is 0. The Morgan fingerprint density at radius 3 is 1.90 bits per heavy atom. The minimum Gasteiger partial charge on any atom is -0.269 e. The van der Waals surface area contributed by atoms with Gasteiger partial charge in [-0.2, -0.15) is 0 Å². The highest BCUT2D eigenvalue weighted by molar-refractivity contribution is 7.34. The van der Waals surface area contributed by atoms with Crippen molar-refractivity contribution in [2.45, 2.75) is 0 Å². The van der Waals surface area contributed by atoms with Crippen LogP contribution in [0.4, 0.5) is 0 Å². The smallest absolute Gasteiger partial charge is 0.192 e. The van der Waals surface area contributed by atoms with E-state index >= 15 is 0 Å². The zero-order chi connectivity index (χ0) is 20.1. The highest BCUT2D eigenvalue weighted by atomic mass is 31.1. The van der Waals surface area contributed by atoms with Crippen molar-refractivity contribution < 1.29 is 4.57 Å². The molecule has 140 valence electrons. The minimum atomic E-state index is 0.0535. The topological polar surface area (TPSA) is 17.1 Å². The van der Waals surface area contributed by atoms with Crippen LogP contribution in [0.2, 0.25) is 0 Å². The monoisotopic (exact) mass is 400 g/mol. The maximum Gasteiger partial charge on any atom is 0.192 e. The van der Waals surface area contributed by atoms with E-state index in [1.807, 2.05) is 18.2 Å². The van der Waals surface area contributed by atoms with Gasteiger partial charge in [-0.25, -0.2) is 0 Å².